The zero-order chi connectivity index (χ0) is 16.2. The summed E-state index contributed by atoms with van der Waals surface area (Å²) in [4.78, 5) is 6.80. The summed E-state index contributed by atoms with van der Waals surface area (Å²) >= 11 is 1.58. The Labute approximate surface area is 140 Å². The van der Waals surface area contributed by atoms with E-state index >= 15 is 0 Å². The quantitative estimate of drug-likeness (QED) is 0.740. The highest BCUT2D eigenvalue weighted by Gasteiger charge is 2.14. The number of para-hydroxylation sites is 1. The summed E-state index contributed by atoms with van der Waals surface area (Å²) < 4.78 is 5.63. The molecule has 0 aliphatic rings. The Balaban J connectivity index is 1.79. The number of anilines is 1. The van der Waals surface area contributed by atoms with Gasteiger partial charge >= 0.3 is 0 Å². The van der Waals surface area contributed by atoms with Gasteiger partial charge in [-0.25, -0.2) is 4.98 Å². The van der Waals surface area contributed by atoms with E-state index in [1.165, 1.54) is 0 Å². The van der Waals surface area contributed by atoms with E-state index in [1.54, 1.807) is 18.3 Å². The lowest BCUT2D eigenvalue weighted by atomic mass is 10.2. The lowest BCUT2D eigenvalue weighted by Crippen LogP contribution is -2.30. The van der Waals surface area contributed by atoms with Crippen molar-refractivity contribution in [3.8, 4) is 10.8 Å². The second kappa shape index (κ2) is 6.98. The van der Waals surface area contributed by atoms with Crippen LogP contribution in [0.25, 0.3) is 10.8 Å². The fourth-order valence-electron chi connectivity index (χ4n) is 2.46. The fourth-order valence-corrected chi connectivity index (χ4v) is 3.23. The minimum Gasteiger partial charge on any atom is -0.459 e. The molecule has 1 aromatic carbocycles. The van der Waals surface area contributed by atoms with E-state index < -0.39 is 6.10 Å². The summed E-state index contributed by atoms with van der Waals surface area (Å²) in [5, 5.41) is 12.7. The highest BCUT2D eigenvalue weighted by molar-refractivity contribution is 7.13. The molecule has 2 aromatic heterocycles. The van der Waals surface area contributed by atoms with Crippen LogP contribution in [0.2, 0.25) is 0 Å². The molecular formula is C18H20N2O2S. The number of hydrogen-bond donors (Lipinski definition) is 1. The first-order chi connectivity index (χ1) is 11.1. The third-order valence-corrected chi connectivity index (χ3v) is 4.37. The summed E-state index contributed by atoms with van der Waals surface area (Å²) in [7, 11) is 0. The fraction of sp³-hybridized carbons (Fsp3) is 0.278. The van der Waals surface area contributed by atoms with Crippen molar-refractivity contribution in [2.24, 2.45) is 0 Å². The van der Waals surface area contributed by atoms with Gasteiger partial charge in [0.25, 0.3) is 0 Å². The summed E-state index contributed by atoms with van der Waals surface area (Å²) in [6.07, 6.45) is -0.402. The van der Waals surface area contributed by atoms with Gasteiger partial charge in [-0.3, -0.25) is 0 Å². The second-order valence-electron chi connectivity index (χ2n) is 5.62. The third kappa shape index (κ3) is 4.00. The van der Waals surface area contributed by atoms with Crippen LogP contribution in [-0.4, -0.2) is 22.7 Å². The Morgan fingerprint density at radius 1 is 1.22 bits per heavy atom. The smallest absolute Gasteiger partial charge is 0.162 e. The molecule has 5 heteroatoms. The summed E-state index contributed by atoms with van der Waals surface area (Å²) in [6.45, 7) is 4.95. The largest absolute Gasteiger partial charge is 0.459 e. The number of furan rings is 1. The molecule has 1 atom stereocenters. The third-order valence-electron chi connectivity index (χ3n) is 3.46. The molecule has 1 unspecified atom stereocenters. The first-order valence-corrected chi connectivity index (χ1v) is 8.49. The first-order valence-electron chi connectivity index (χ1n) is 7.61. The van der Waals surface area contributed by atoms with Crippen LogP contribution >= 0.6 is 11.3 Å². The number of aliphatic hydroxyl groups excluding tert-OH is 1. The molecule has 0 bridgehead atoms. The van der Waals surface area contributed by atoms with Crippen LogP contribution in [0.3, 0.4) is 0 Å². The van der Waals surface area contributed by atoms with E-state index in [0.717, 1.165) is 27.9 Å². The van der Waals surface area contributed by atoms with Crippen molar-refractivity contribution in [3.05, 3.63) is 59.3 Å². The van der Waals surface area contributed by atoms with Crippen LogP contribution in [0.5, 0.6) is 0 Å². The molecule has 1 N–H and O–H groups in total. The van der Waals surface area contributed by atoms with E-state index in [4.69, 9.17) is 4.42 Å². The summed E-state index contributed by atoms with van der Waals surface area (Å²) in [6, 6.07) is 14.0. The second-order valence-corrected chi connectivity index (χ2v) is 6.48. The van der Waals surface area contributed by atoms with Gasteiger partial charge in [0, 0.05) is 17.6 Å². The molecule has 120 valence electrons. The predicted octanol–water partition coefficient (Wildman–Crippen LogP) is 4.10. The van der Waals surface area contributed by atoms with Gasteiger partial charge in [0.15, 0.2) is 10.8 Å². The highest BCUT2D eigenvalue weighted by atomic mass is 32.1. The van der Waals surface area contributed by atoms with Crippen LogP contribution in [0, 0.1) is 6.92 Å². The highest BCUT2D eigenvalue weighted by Crippen LogP contribution is 2.27. The van der Waals surface area contributed by atoms with E-state index in [-0.39, 0.29) is 0 Å². The first kappa shape index (κ1) is 15.8. The Kier molecular flexibility index (Phi) is 4.79. The van der Waals surface area contributed by atoms with Crippen LogP contribution in [0.1, 0.15) is 18.4 Å². The van der Waals surface area contributed by atoms with Crippen molar-refractivity contribution in [2.75, 3.05) is 11.4 Å². The monoisotopic (exact) mass is 328 g/mol. The molecule has 23 heavy (non-hydrogen) atoms. The van der Waals surface area contributed by atoms with E-state index in [0.29, 0.717) is 13.1 Å². The number of aryl methyl sites for hydroxylation is 1. The Morgan fingerprint density at radius 2 is 2.00 bits per heavy atom. The topological polar surface area (TPSA) is 49.5 Å². The van der Waals surface area contributed by atoms with Gasteiger partial charge in [-0.15, -0.1) is 11.3 Å². The van der Waals surface area contributed by atoms with Gasteiger partial charge in [0.1, 0.15) is 5.76 Å². The van der Waals surface area contributed by atoms with Crippen LogP contribution in [0.4, 0.5) is 5.69 Å². The zero-order valence-corrected chi connectivity index (χ0v) is 14.1. The van der Waals surface area contributed by atoms with E-state index in [1.807, 2.05) is 54.8 Å². The SMILES string of the molecule is Cc1ccc(-c2nc(CN(CC(C)O)c3ccccc3)cs2)o1. The molecule has 0 saturated carbocycles. The molecule has 4 nitrogen and oxygen atoms in total. The molecule has 2 heterocycles. The lowest BCUT2D eigenvalue weighted by molar-refractivity contribution is 0.199. The predicted molar refractivity (Wildman–Crippen MR) is 93.7 cm³/mol. The van der Waals surface area contributed by atoms with Crippen LogP contribution < -0.4 is 4.90 Å². The van der Waals surface area contributed by atoms with Gasteiger partial charge in [0.05, 0.1) is 18.3 Å². The summed E-state index contributed by atoms with van der Waals surface area (Å²) in [5.41, 5.74) is 2.06. The molecule has 0 spiro atoms. The maximum absolute atomic E-state index is 9.77. The molecule has 0 saturated heterocycles. The van der Waals surface area contributed by atoms with Crippen molar-refractivity contribution in [1.29, 1.82) is 0 Å². The van der Waals surface area contributed by atoms with Gasteiger partial charge in [-0.2, -0.15) is 0 Å². The summed E-state index contributed by atoms with van der Waals surface area (Å²) in [5.74, 6) is 1.69. The lowest BCUT2D eigenvalue weighted by Gasteiger charge is -2.25. The standard InChI is InChI=1S/C18H20N2O2S/c1-13(21)10-20(16-6-4-3-5-7-16)11-15-12-23-18(19-15)17-9-8-14(2)22-17/h3-9,12-13,21H,10-11H2,1-2H3. The number of hydrogen-bond acceptors (Lipinski definition) is 5. The van der Waals surface area contributed by atoms with Crippen molar-refractivity contribution in [3.63, 3.8) is 0 Å². The maximum atomic E-state index is 9.77. The minimum absolute atomic E-state index is 0.402. The van der Waals surface area contributed by atoms with Gasteiger partial charge in [-0.1, -0.05) is 18.2 Å². The Hall–Kier alpha value is -2.11. The average molecular weight is 328 g/mol. The molecule has 0 aliphatic carbocycles. The van der Waals surface area contributed by atoms with Crippen LogP contribution in [-0.2, 0) is 6.54 Å². The number of aromatic nitrogens is 1. The van der Waals surface area contributed by atoms with Gasteiger partial charge < -0.3 is 14.4 Å². The normalized spacial score (nSPS) is 12.3. The zero-order valence-electron chi connectivity index (χ0n) is 13.3. The molecule has 3 aromatic rings. The van der Waals surface area contributed by atoms with Gasteiger partial charge in [-0.05, 0) is 38.1 Å². The molecular weight excluding hydrogens is 308 g/mol. The Bertz CT molecular complexity index is 749. The van der Waals surface area contributed by atoms with Crippen molar-refractivity contribution in [2.45, 2.75) is 26.5 Å². The Morgan fingerprint density at radius 3 is 2.65 bits per heavy atom. The molecule has 0 aliphatic heterocycles. The number of nitrogens with zero attached hydrogens (tertiary/aromatic N) is 2. The van der Waals surface area contributed by atoms with E-state index in [9.17, 15) is 5.11 Å². The van der Waals surface area contributed by atoms with Crippen molar-refractivity contribution < 1.29 is 9.52 Å². The van der Waals surface area contributed by atoms with E-state index in [2.05, 4.69) is 9.88 Å². The molecule has 0 amide bonds. The number of thiazole rings is 1. The number of aliphatic hydroxyl groups is 1. The average Bonchev–Trinajstić information content (AvgIpc) is 3.16. The van der Waals surface area contributed by atoms with Crippen LogP contribution in [0.15, 0.2) is 52.3 Å². The van der Waals surface area contributed by atoms with Crippen molar-refractivity contribution in [1.82, 2.24) is 4.98 Å². The minimum atomic E-state index is -0.402. The molecule has 0 radical (unpaired) electrons. The van der Waals surface area contributed by atoms with Gasteiger partial charge in [0.2, 0.25) is 0 Å². The maximum Gasteiger partial charge on any atom is 0.162 e. The number of rotatable bonds is 6. The molecule has 3 rings (SSSR count). The van der Waals surface area contributed by atoms with Crippen molar-refractivity contribution >= 4 is 17.0 Å². The number of benzene rings is 1. The molecule has 0 fully saturated rings.